The van der Waals surface area contributed by atoms with Crippen molar-refractivity contribution >= 4 is 33.9 Å². The van der Waals surface area contributed by atoms with Gasteiger partial charge in [-0.3, -0.25) is 4.90 Å². The Kier molecular flexibility index (Phi) is 6.27. The van der Waals surface area contributed by atoms with Gasteiger partial charge in [0.25, 0.3) is 0 Å². The fourth-order valence-corrected chi connectivity index (χ4v) is 8.34. The van der Waals surface area contributed by atoms with Crippen LogP contribution >= 0.6 is 11.6 Å². The molecule has 0 aliphatic carbocycles. The van der Waals surface area contributed by atoms with Gasteiger partial charge in [0.1, 0.15) is 24.8 Å². The summed E-state index contributed by atoms with van der Waals surface area (Å²) >= 11 is 6.69. The van der Waals surface area contributed by atoms with E-state index in [0.29, 0.717) is 51.6 Å². The average Bonchev–Trinajstić information content (AvgIpc) is 3.59. The lowest BCUT2D eigenvalue weighted by Gasteiger charge is -2.38. The number of halogens is 3. The standard InChI is InChI=1S/C31H35ClF2N6O/c32-23-6-1-4-19-5-2-7-27(28(19)23)38-11-8-22-25(16-38)36-30(41-18-31-9-3-10-40(31)14-20(33)13-31)37-29(22)39-15-21-12-24(34)26(17-39)35-21/h1-2,4-7,20-21,24,26,35H,3,8-18H2/t20-,21?,24?,26?,31?/m1/s1. The molecule has 5 aliphatic heterocycles. The van der Waals surface area contributed by atoms with E-state index in [1.54, 1.807) is 0 Å². The molecule has 1 aromatic heterocycles. The summed E-state index contributed by atoms with van der Waals surface area (Å²) in [6.45, 7) is 4.46. The molecule has 4 saturated heterocycles. The van der Waals surface area contributed by atoms with E-state index in [2.05, 4.69) is 44.3 Å². The molecule has 41 heavy (non-hydrogen) atoms. The van der Waals surface area contributed by atoms with Gasteiger partial charge in [0.05, 0.1) is 28.8 Å². The molecular formula is C31H35ClF2N6O. The van der Waals surface area contributed by atoms with Crippen LogP contribution in [0, 0.1) is 0 Å². The maximum absolute atomic E-state index is 14.6. The zero-order chi connectivity index (χ0) is 27.7. The number of ether oxygens (including phenoxy) is 1. The topological polar surface area (TPSA) is 56.8 Å². The van der Waals surface area contributed by atoms with E-state index in [4.69, 9.17) is 26.3 Å². The lowest BCUT2D eigenvalue weighted by atomic mass is 9.95. The van der Waals surface area contributed by atoms with Crippen molar-refractivity contribution in [3.8, 4) is 6.01 Å². The summed E-state index contributed by atoms with van der Waals surface area (Å²) in [5.74, 6) is 0.863. The second kappa shape index (κ2) is 9.92. The van der Waals surface area contributed by atoms with Crippen molar-refractivity contribution < 1.29 is 13.5 Å². The third-order valence-electron chi connectivity index (χ3n) is 9.98. The molecule has 2 aromatic carbocycles. The largest absolute Gasteiger partial charge is 0.461 e. The smallest absolute Gasteiger partial charge is 0.318 e. The molecular weight excluding hydrogens is 546 g/mol. The Balaban J connectivity index is 1.14. The van der Waals surface area contributed by atoms with Crippen LogP contribution in [0.2, 0.25) is 5.02 Å². The minimum atomic E-state index is -0.839. The van der Waals surface area contributed by atoms with Gasteiger partial charge in [-0.15, -0.1) is 0 Å². The van der Waals surface area contributed by atoms with Crippen molar-refractivity contribution in [1.29, 1.82) is 0 Å². The van der Waals surface area contributed by atoms with E-state index < -0.39 is 12.3 Å². The molecule has 2 bridgehead atoms. The molecule has 0 saturated carbocycles. The quantitative estimate of drug-likeness (QED) is 0.470. The molecule has 4 fully saturated rings. The summed E-state index contributed by atoms with van der Waals surface area (Å²) in [6, 6.07) is 12.5. The predicted octanol–water partition coefficient (Wildman–Crippen LogP) is 4.69. The third-order valence-corrected chi connectivity index (χ3v) is 10.3. The normalized spacial score (nSPS) is 31.1. The number of fused-ring (bicyclic) bond motifs is 5. The van der Waals surface area contributed by atoms with Crippen molar-refractivity contribution in [1.82, 2.24) is 20.2 Å². The lowest BCUT2D eigenvalue weighted by molar-refractivity contribution is 0.107. The minimum Gasteiger partial charge on any atom is -0.461 e. The monoisotopic (exact) mass is 580 g/mol. The molecule has 0 radical (unpaired) electrons. The van der Waals surface area contributed by atoms with Crippen molar-refractivity contribution in [3.63, 3.8) is 0 Å². The minimum absolute atomic E-state index is 0.113. The van der Waals surface area contributed by atoms with Gasteiger partial charge < -0.3 is 19.9 Å². The summed E-state index contributed by atoms with van der Waals surface area (Å²) in [5.41, 5.74) is 2.85. The number of alkyl halides is 2. The van der Waals surface area contributed by atoms with Gasteiger partial charge in [0.15, 0.2) is 0 Å². The molecule has 4 unspecified atom stereocenters. The highest BCUT2D eigenvalue weighted by Crippen LogP contribution is 2.41. The molecule has 6 heterocycles. The van der Waals surface area contributed by atoms with Crippen LogP contribution in [0.15, 0.2) is 36.4 Å². The Morgan fingerprint density at radius 2 is 1.93 bits per heavy atom. The zero-order valence-corrected chi connectivity index (χ0v) is 23.8. The lowest BCUT2D eigenvalue weighted by Crippen LogP contribution is -2.53. The van der Waals surface area contributed by atoms with E-state index in [-0.39, 0.29) is 17.6 Å². The number of rotatable bonds is 5. The van der Waals surface area contributed by atoms with Gasteiger partial charge >= 0.3 is 6.01 Å². The van der Waals surface area contributed by atoms with Gasteiger partial charge in [0.2, 0.25) is 0 Å². The predicted molar refractivity (Wildman–Crippen MR) is 157 cm³/mol. The number of nitrogens with one attached hydrogen (secondary N) is 1. The van der Waals surface area contributed by atoms with Crippen LogP contribution in [0.3, 0.4) is 0 Å². The molecule has 5 atom stereocenters. The van der Waals surface area contributed by atoms with Gasteiger partial charge in [0, 0.05) is 55.3 Å². The number of benzene rings is 2. The first-order chi connectivity index (χ1) is 20.0. The first-order valence-corrected chi connectivity index (χ1v) is 15.3. The summed E-state index contributed by atoms with van der Waals surface area (Å²) in [7, 11) is 0. The second-order valence-electron chi connectivity index (χ2n) is 12.5. The fraction of sp³-hybridized carbons (Fsp3) is 0.548. The molecule has 1 N–H and O–H groups in total. The van der Waals surface area contributed by atoms with Crippen LogP contribution in [-0.4, -0.2) is 84.2 Å². The van der Waals surface area contributed by atoms with Crippen LogP contribution in [-0.2, 0) is 13.0 Å². The summed E-state index contributed by atoms with van der Waals surface area (Å²) in [6.07, 6.45) is 2.14. The number of nitrogens with zero attached hydrogens (tertiary/aromatic N) is 5. The van der Waals surface area contributed by atoms with Gasteiger partial charge in [-0.2, -0.15) is 9.97 Å². The number of anilines is 2. The Hall–Kier alpha value is -2.75. The number of aromatic nitrogens is 2. The van der Waals surface area contributed by atoms with Crippen LogP contribution in [0.1, 0.15) is 36.9 Å². The number of hydrogen-bond donors (Lipinski definition) is 1. The SMILES string of the molecule is FC1CC2CN(c3nc(OCC45CCCN4C[C@H](F)C5)nc4c3CCN(c3cccc5cccc(Cl)c35)C4)CC1N2. The van der Waals surface area contributed by atoms with Crippen molar-refractivity contribution in [2.75, 3.05) is 49.1 Å². The van der Waals surface area contributed by atoms with E-state index in [9.17, 15) is 8.78 Å². The van der Waals surface area contributed by atoms with E-state index in [1.807, 2.05) is 12.1 Å². The first-order valence-electron chi connectivity index (χ1n) is 14.9. The summed E-state index contributed by atoms with van der Waals surface area (Å²) < 4.78 is 35.4. The number of piperazine rings is 1. The van der Waals surface area contributed by atoms with Crippen LogP contribution in [0.25, 0.3) is 10.8 Å². The molecule has 7 nitrogen and oxygen atoms in total. The number of hydrogen-bond acceptors (Lipinski definition) is 7. The van der Waals surface area contributed by atoms with Crippen LogP contribution < -0.4 is 19.9 Å². The van der Waals surface area contributed by atoms with Crippen molar-refractivity contribution in [2.45, 2.75) is 68.6 Å². The highest BCUT2D eigenvalue weighted by atomic mass is 35.5. The summed E-state index contributed by atoms with van der Waals surface area (Å²) in [4.78, 5) is 16.8. The third kappa shape index (κ3) is 4.43. The van der Waals surface area contributed by atoms with Crippen LogP contribution in [0.4, 0.5) is 20.3 Å². The Morgan fingerprint density at radius 1 is 1.05 bits per heavy atom. The highest BCUT2D eigenvalue weighted by molar-refractivity contribution is 6.36. The molecule has 8 rings (SSSR count). The zero-order valence-electron chi connectivity index (χ0n) is 23.0. The molecule has 3 aromatic rings. The van der Waals surface area contributed by atoms with E-state index in [1.165, 1.54) is 0 Å². The Labute approximate surface area is 243 Å². The molecule has 216 valence electrons. The maximum Gasteiger partial charge on any atom is 0.318 e. The Bertz CT molecular complexity index is 1490. The fourth-order valence-electron chi connectivity index (χ4n) is 8.06. The molecule has 0 amide bonds. The van der Waals surface area contributed by atoms with Crippen LogP contribution in [0.5, 0.6) is 6.01 Å². The van der Waals surface area contributed by atoms with Crippen molar-refractivity contribution in [2.24, 2.45) is 0 Å². The molecule has 5 aliphatic rings. The summed E-state index contributed by atoms with van der Waals surface area (Å²) in [5, 5.41) is 6.30. The average molecular weight is 581 g/mol. The maximum atomic E-state index is 14.6. The first kappa shape index (κ1) is 25.9. The van der Waals surface area contributed by atoms with E-state index in [0.717, 1.165) is 70.9 Å². The molecule has 10 heteroatoms. The second-order valence-corrected chi connectivity index (χ2v) is 12.9. The van der Waals surface area contributed by atoms with Gasteiger partial charge in [-0.1, -0.05) is 35.9 Å². The van der Waals surface area contributed by atoms with Gasteiger partial charge in [-0.05, 0) is 49.7 Å². The Morgan fingerprint density at radius 3 is 2.80 bits per heavy atom. The van der Waals surface area contributed by atoms with E-state index >= 15 is 0 Å². The molecule has 0 spiro atoms. The van der Waals surface area contributed by atoms with Crippen molar-refractivity contribution in [3.05, 3.63) is 52.7 Å². The van der Waals surface area contributed by atoms with Gasteiger partial charge in [-0.25, -0.2) is 8.78 Å². The highest BCUT2D eigenvalue weighted by Gasteiger charge is 2.49.